The molecule has 0 fully saturated rings. The van der Waals surface area contributed by atoms with Crippen molar-refractivity contribution in [3.05, 3.63) is 39.3 Å². The predicted octanol–water partition coefficient (Wildman–Crippen LogP) is 0.758. The van der Waals surface area contributed by atoms with E-state index in [0.717, 1.165) is 11.8 Å². The van der Waals surface area contributed by atoms with E-state index in [-0.39, 0.29) is 5.16 Å². The maximum atomic E-state index is 12.4. The van der Waals surface area contributed by atoms with Gasteiger partial charge in [-0.15, -0.1) is 0 Å². The van der Waals surface area contributed by atoms with Crippen molar-refractivity contribution in [3.8, 4) is 17.2 Å². The molecule has 28 heavy (non-hydrogen) atoms. The van der Waals surface area contributed by atoms with E-state index in [4.69, 9.17) is 14.2 Å². The second-order valence-corrected chi connectivity index (χ2v) is 8.49. The molecule has 0 bridgehead atoms. The first-order valence-corrected chi connectivity index (χ1v) is 10.5. The molecule has 2 aromatic rings. The number of aromatic amines is 1. The van der Waals surface area contributed by atoms with E-state index in [1.165, 1.54) is 0 Å². The Labute approximate surface area is 163 Å². The molecule has 1 aromatic carbocycles. The molecule has 0 atom stereocenters. The number of rotatable bonds is 6. The molecule has 3 rings (SSSR count). The maximum absolute atomic E-state index is 12.4. The number of nitrogens with one attached hydrogen (secondary N) is 1. The molecule has 0 saturated heterocycles. The Hall–Kier alpha value is -2.59. The first kappa shape index (κ1) is 20.2. The molecule has 0 saturated carbocycles. The van der Waals surface area contributed by atoms with Crippen molar-refractivity contribution in [2.45, 2.75) is 24.7 Å². The number of hydrogen-bond acceptors (Lipinski definition) is 8. The standard InChI is InChI=1S/C18H23N3O6S/c1-25-14-7-11(8-15(26-2)16(14)27-3)9-21-6-5-13-12(10-21)17(22)20-18(19-13)28(4,23)24/h7-8H,5-6,9-10H2,1-4H3,(H,19,20,22). The van der Waals surface area contributed by atoms with Crippen LogP contribution < -0.4 is 19.8 Å². The number of fused-ring (bicyclic) bond motifs is 1. The van der Waals surface area contributed by atoms with Gasteiger partial charge < -0.3 is 14.2 Å². The van der Waals surface area contributed by atoms with Crippen LogP contribution in [0.5, 0.6) is 17.2 Å². The van der Waals surface area contributed by atoms with Crippen LogP contribution in [0.25, 0.3) is 0 Å². The maximum Gasteiger partial charge on any atom is 0.256 e. The molecule has 2 heterocycles. The predicted molar refractivity (Wildman–Crippen MR) is 102 cm³/mol. The van der Waals surface area contributed by atoms with E-state index in [1.54, 1.807) is 21.3 Å². The van der Waals surface area contributed by atoms with E-state index in [1.807, 2.05) is 12.1 Å². The number of sulfone groups is 1. The number of aromatic nitrogens is 2. The Morgan fingerprint density at radius 2 is 1.79 bits per heavy atom. The average Bonchev–Trinajstić information content (AvgIpc) is 2.66. The summed E-state index contributed by atoms with van der Waals surface area (Å²) in [5.74, 6) is 1.64. The smallest absolute Gasteiger partial charge is 0.256 e. The largest absolute Gasteiger partial charge is 0.493 e. The zero-order valence-electron chi connectivity index (χ0n) is 16.2. The second kappa shape index (κ2) is 7.80. The van der Waals surface area contributed by atoms with Crippen molar-refractivity contribution in [2.75, 3.05) is 34.1 Å². The first-order valence-electron chi connectivity index (χ1n) is 8.60. The molecule has 1 aromatic heterocycles. The third kappa shape index (κ3) is 3.97. The molecule has 1 aliphatic heterocycles. The molecule has 9 nitrogen and oxygen atoms in total. The second-order valence-electron chi connectivity index (χ2n) is 6.56. The number of nitrogens with zero attached hydrogens (tertiary/aromatic N) is 2. The van der Waals surface area contributed by atoms with Crippen LogP contribution in [0.1, 0.15) is 16.8 Å². The fraction of sp³-hybridized carbons (Fsp3) is 0.444. The Morgan fingerprint density at radius 1 is 1.14 bits per heavy atom. The zero-order valence-corrected chi connectivity index (χ0v) is 17.1. The highest BCUT2D eigenvalue weighted by Gasteiger charge is 2.24. The van der Waals surface area contributed by atoms with E-state index < -0.39 is 15.4 Å². The van der Waals surface area contributed by atoms with Crippen LogP contribution in [0.3, 0.4) is 0 Å². The lowest BCUT2D eigenvalue weighted by molar-refractivity contribution is 0.239. The highest BCUT2D eigenvalue weighted by Crippen LogP contribution is 2.38. The van der Waals surface area contributed by atoms with Gasteiger partial charge in [-0.1, -0.05) is 0 Å². The highest BCUT2D eigenvalue weighted by molar-refractivity contribution is 7.90. The van der Waals surface area contributed by atoms with Crippen LogP contribution in [-0.4, -0.2) is 57.4 Å². The molecule has 0 aliphatic carbocycles. The first-order chi connectivity index (χ1) is 13.3. The van der Waals surface area contributed by atoms with Crippen molar-refractivity contribution >= 4 is 9.84 Å². The van der Waals surface area contributed by atoms with Gasteiger partial charge in [0.25, 0.3) is 5.56 Å². The fourth-order valence-electron chi connectivity index (χ4n) is 3.25. The number of methoxy groups -OCH3 is 3. The van der Waals surface area contributed by atoms with Gasteiger partial charge in [-0.25, -0.2) is 13.4 Å². The Balaban J connectivity index is 1.87. The minimum atomic E-state index is -3.56. The van der Waals surface area contributed by atoms with Crippen molar-refractivity contribution in [3.63, 3.8) is 0 Å². The molecule has 10 heteroatoms. The molecule has 152 valence electrons. The molecule has 0 amide bonds. The van der Waals surface area contributed by atoms with Crippen LogP contribution in [0.4, 0.5) is 0 Å². The van der Waals surface area contributed by atoms with Crippen LogP contribution in [0, 0.1) is 0 Å². The van der Waals surface area contributed by atoms with Gasteiger partial charge in [-0.3, -0.25) is 14.7 Å². The third-order valence-electron chi connectivity index (χ3n) is 4.61. The SMILES string of the molecule is COc1cc(CN2CCc3nc(S(C)(=O)=O)[nH]c(=O)c3C2)cc(OC)c1OC. The monoisotopic (exact) mass is 409 g/mol. The van der Waals surface area contributed by atoms with Crippen molar-refractivity contribution in [1.29, 1.82) is 0 Å². The molecular formula is C18H23N3O6S. The Bertz CT molecular complexity index is 1020. The van der Waals surface area contributed by atoms with Gasteiger partial charge >= 0.3 is 0 Å². The van der Waals surface area contributed by atoms with Crippen LogP contribution >= 0.6 is 0 Å². The molecule has 1 N–H and O–H groups in total. The van der Waals surface area contributed by atoms with Gasteiger partial charge in [-0.05, 0) is 17.7 Å². The summed E-state index contributed by atoms with van der Waals surface area (Å²) in [6, 6.07) is 3.73. The van der Waals surface area contributed by atoms with Gasteiger partial charge in [0.05, 0.1) is 32.6 Å². The number of ether oxygens (including phenoxy) is 3. The molecule has 0 spiro atoms. The minimum absolute atomic E-state index is 0.283. The summed E-state index contributed by atoms with van der Waals surface area (Å²) in [5.41, 5.74) is 1.55. The lowest BCUT2D eigenvalue weighted by atomic mass is 10.1. The highest BCUT2D eigenvalue weighted by atomic mass is 32.2. The van der Waals surface area contributed by atoms with Crippen molar-refractivity contribution < 1.29 is 22.6 Å². The van der Waals surface area contributed by atoms with E-state index in [2.05, 4.69) is 14.9 Å². The third-order valence-corrected chi connectivity index (χ3v) is 5.50. The number of benzene rings is 1. The van der Waals surface area contributed by atoms with Gasteiger partial charge in [0.15, 0.2) is 11.5 Å². The minimum Gasteiger partial charge on any atom is -0.493 e. The van der Waals surface area contributed by atoms with E-state index in [9.17, 15) is 13.2 Å². The molecule has 1 aliphatic rings. The molecular weight excluding hydrogens is 386 g/mol. The summed E-state index contributed by atoms with van der Waals surface area (Å²) < 4.78 is 39.4. The topological polar surface area (TPSA) is 111 Å². The average molecular weight is 409 g/mol. The number of hydrogen-bond donors (Lipinski definition) is 1. The quantitative estimate of drug-likeness (QED) is 0.696. The lowest BCUT2D eigenvalue weighted by Crippen LogP contribution is -2.36. The van der Waals surface area contributed by atoms with Crippen LogP contribution in [-0.2, 0) is 29.3 Å². The van der Waals surface area contributed by atoms with Crippen molar-refractivity contribution in [1.82, 2.24) is 14.9 Å². The summed E-state index contributed by atoms with van der Waals surface area (Å²) in [7, 11) is 1.10. The van der Waals surface area contributed by atoms with Crippen LogP contribution in [0.2, 0.25) is 0 Å². The molecule has 0 radical (unpaired) electrons. The van der Waals surface area contributed by atoms with Gasteiger partial charge in [0.2, 0.25) is 20.7 Å². The number of H-pyrrole nitrogens is 1. The lowest BCUT2D eigenvalue weighted by Gasteiger charge is -2.28. The summed E-state index contributed by atoms with van der Waals surface area (Å²) >= 11 is 0. The fourth-order valence-corrected chi connectivity index (χ4v) is 3.81. The normalized spacial score (nSPS) is 14.4. The summed E-state index contributed by atoms with van der Waals surface area (Å²) in [5, 5.41) is -0.283. The molecule has 0 unspecified atom stereocenters. The van der Waals surface area contributed by atoms with Gasteiger partial charge in [-0.2, -0.15) is 0 Å². The summed E-state index contributed by atoms with van der Waals surface area (Å²) in [4.78, 5) is 21.0. The summed E-state index contributed by atoms with van der Waals surface area (Å²) in [6.45, 7) is 1.57. The summed E-state index contributed by atoms with van der Waals surface area (Å²) in [6.07, 6.45) is 1.52. The Morgan fingerprint density at radius 3 is 2.32 bits per heavy atom. The van der Waals surface area contributed by atoms with Gasteiger partial charge in [0.1, 0.15) is 0 Å². The van der Waals surface area contributed by atoms with Crippen LogP contribution in [0.15, 0.2) is 22.1 Å². The van der Waals surface area contributed by atoms with Crippen molar-refractivity contribution in [2.24, 2.45) is 0 Å². The zero-order chi connectivity index (χ0) is 20.5. The van der Waals surface area contributed by atoms with E-state index >= 15 is 0 Å². The van der Waals surface area contributed by atoms with Gasteiger partial charge in [0, 0.05) is 32.3 Å². The Kier molecular flexibility index (Phi) is 5.61. The van der Waals surface area contributed by atoms with E-state index in [0.29, 0.717) is 54.6 Å².